The summed E-state index contributed by atoms with van der Waals surface area (Å²) in [7, 11) is -1.61. The van der Waals surface area contributed by atoms with Gasteiger partial charge in [-0.25, -0.2) is 8.42 Å². The summed E-state index contributed by atoms with van der Waals surface area (Å²) >= 11 is 0. The van der Waals surface area contributed by atoms with Gasteiger partial charge in [0.1, 0.15) is 4.90 Å². The third kappa shape index (κ3) is 2.44. The number of nitrogens with two attached hydrogens (primary N) is 1. The molecular weight excluding hydrogens is 322 g/mol. The van der Waals surface area contributed by atoms with Gasteiger partial charge in [0, 0.05) is 42.8 Å². The van der Waals surface area contributed by atoms with E-state index in [4.69, 9.17) is 5.73 Å². The Hall–Kier alpha value is -1.08. The third-order valence-corrected chi connectivity index (χ3v) is 6.59. The quantitative estimate of drug-likeness (QED) is 0.905. The zero-order valence-electron chi connectivity index (χ0n) is 13.0. The fraction of sp³-hybridized carbons (Fsp3) is 0.467. The van der Waals surface area contributed by atoms with Crippen molar-refractivity contribution < 1.29 is 8.42 Å². The molecule has 0 bridgehead atoms. The molecule has 2 unspecified atom stereocenters. The molecule has 3 rings (SSSR count). The van der Waals surface area contributed by atoms with Gasteiger partial charge in [0.05, 0.1) is 0 Å². The maximum Gasteiger partial charge on any atom is 0.245 e. The van der Waals surface area contributed by atoms with Gasteiger partial charge in [0.25, 0.3) is 0 Å². The van der Waals surface area contributed by atoms with Gasteiger partial charge in [-0.2, -0.15) is 4.31 Å². The number of fused-ring (bicyclic) bond motifs is 1. The van der Waals surface area contributed by atoms with Gasteiger partial charge in [-0.3, -0.25) is 0 Å². The molecule has 2 atom stereocenters. The fourth-order valence-corrected chi connectivity index (χ4v) is 5.10. The van der Waals surface area contributed by atoms with Crippen molar-refractivity contribution in [2.24, 2.45) is 18.7 Å². The topological polar surface area (TPSA) is 68.3 Å². The number of hydrogen-bond acceptors (Lipinski definition) is 3. The molecular formula is C15H22ClN3O2S. The van der Waals surface area contributed by atoms with Crippen molar-refractivity contribution in [1.82, 2.24) is 8.87 Å². The summed E-state index contributed by atoms with van der Waals surface area (Å²) in [6.45, 7) is 4.74. The number of para-hydroxylation sites is 1. The average molecular weight is 344 g/mol. The monoisotopic (exact) mass is 343 g/mol. The minimum absolute atomic E-state index is 0. The number of rotatable bonds is 2. The van der Waals surface area contributed by atoms with Crippen LogP contribution >= 0.6 is 12.4 Å². The van der Waals surface area contributed by atoms with Gasteiger partial charge >= 0.3 is 0 Å². The summed E-state index contributed by atoms with van der Waals surface area (Å²) in [5.74, 6) is 0.190. The van der Waals surface area contributed by atoms with Gasteiger partial charge < -0.3 is 10.3 Å². The minimum atomic E-state index is -3.51. The lowest BCUT2D eigenvalue weighted by Crippen LogP contribution is -2.32. The Kier molecular flexibility index (Phi) is 4.59. The number of hydrogen-bond donors (Lipinski definition) is 1. The van der Waals surface area contributed by atoms with Crippen LogP contribution in [0.1, 0.15) is 12.6 Å². The molecule has 1 aromatic carbocycles. The van der Waals surface area contributed by atoms with Gasteiger partial charge in [-0.1, -0.05) is 25.1 Å². The molecule has 22 heavy (non-hydrogen) atoms. The van der Waals surface area contributed by atoms with E-state index in [1.807, 2.05) is 49.7 Å². The second-order valence-electron chi connectivity index (χ2n) is 5.95. The second-order valence-corrected chi connectivity index (χ2v) is 7.83. The Labute approximate surface area is 137 Å². The molecule has 0 aliphatic carbocycles. The van der Waals surface area contributed by atoms with Crippen LogP contribution in [0.25, 0.3) is 10.9 Å². The van der Waals surface area contributed by atoms with E-state index >= 15 is 0 Å². The number of aryl methyl sites for hydroxylation is 1. The van der Waals surface area contributed by atoms with Crippen molar-refractivity contribution in [1.29, 1.82) is 0 Å². The summed E-state index contributed by atoms with van der Waals surface area (Å²) < 4.78 is 29.5. The zero-order valence-corrected chi connectivity index (χ0v) is 14.6. The maximum atomic E-state index is 13.0. The molecule has 2 N–H and O–H groups in total. The Morgan fingerprint density at radius 3 is 2.45 bits per heavy atom. The maximum absolute atomic E-state index is 13.0. The number of halogens is 1. The smallest absolute Gasteiger partial charge is 0.245 e. The van der Waals surface area contributed by atoms with Crippen molar-refractivity contribution in [3.8, 4) is 0 Å². The van der Waals surface area contributed by atoms with Crippen molar-refractivity contribution in [2.45, 2.75) is 24.8 Å². The number of nitrogens with zero attached hydrogens (tertiary/aromatic N) is 2. The molecule has 1 saturated heterocycles. The van der Waals surface area contributed by atoms with Gasteiger partial charge in [-0.15, -0.1) is 12.4 Å². The number of sulfonamides is 1. The van der Waals surface area contributed by atoms with Crippen LogP contribution in [0, 0.1) is 12.8 Å². The molecule has 0 spiro atoms. The van der Waals surface area contributed by atoms with Crippen LogP contribution in [-0.2, 0) is 17.1 Å². The molecule has 0 radical (unpaired) electrons. The molecule has 7 heteroatoms. The van der Waals surface area contributed by atoms with Crippen LogP contribution in [0.4, 0.5) is 0 Å². The molecule has 2 heterocycles. The highest BCUT2D eigenvalue weighted by Gasteiger charge is 2.37. The van der Waals surface area contributed by atoms with Crippen LogP contribution in [0.3, 0.4) is 0 Å². The molecule has 5 nitrogen and oxygen atoms in total. The first-order chi connectivity index (χ1) is 9.84. The van der Waals surface area contributed by atoms with E-state index in [9.17, 15) is 8.42 Å². The molecule has 1 aromatic heterocycles. The molecule has 0 saturated carbocycles. The van der Waals surface area contributed by atoms with E-state index in [1.54, 1.807) is 0 Å². The number of benzene rings is 1. The van der Waals surface area contributed by atoms with Crippen molar-refractivity contribution in [2.75, 3.05) is 13.1 Å². The molecule has 1 aliphatic heterocycles. The van der Waals surface area contributed by atoms with Crippen LogP contribution in [0.15, 0.2) is 29.2 Å². The molecule has 1 fully saturated rings. The second kappa shape index (κ2) is 5.85. The first kappa shape index (κ1) is 17.3. The largest absolute Gasteiger partial charge is 0.347 e. The summed E-state index contributed by atoms with van der Waals surface area (Å²) in [5, 5.41) is 0.783. The Balaban J connectivity index is 0.00000176. The molecule has 2 aromatic rings. The number of aromatic nitrogens is 1. The van der Waals surface area contributed by atoms with Crippen molar-refractivity contribution in [3.05, 3.63) is 30.0 Å². The van der Waals surface area contributed by atoms with Gasteiger partial charge in [0.2, 0.25) is 10.0 Å². The normalized spacial score (nSPS) is 22.9. The molecule has 0 amide bonds. The van der Waals surface area contributed by atoms with E-state index in [-0.39, 0.29) is 24.4 Å². The summed E-state index contributed by atoms with van der Waals surface area (Å²) in [5.41, 5.74) is 7.69. The van der Waals surface area contributed by atoms with E-state index in [2.05, 4.69) is 0 Å². The average Bonchev–Trinajstić information content (AvgIpc) is 2.91. The third-order valence-electron chi connectivity index (χ3n) is 4.58. The summed E-state index contributed by atoms with van der Waals surface area (Å²) in [4.78, 5) is 0.418. The highest BCUT2D eigenvalue weighted by Crippen LogP contribution is 2.33. The summed E-state index contributed by atoms with van der Waals surface area (Å²) in [6.07, 6.45) is 0. The van der Waals surface area contributed by atoms with Gasteiger partial charge in [0.15, 0.2) is 0 Å². The van der Waals surface area contributed by atoms with Crippen LogP contribution < -0.4 is 5.73 Å². The van der Waals surface area contributed by atoms with Crippen LogP contribution in [0.2, 0.25) is 0 Å². The van der Waals surface area contributed by atoms with Crippen molar-refractivity contribution in [3.63, 3.8) is 0 Å². The highest BCUT2D eigenvalue weighted by molar-refractivity contribution is 7.89. The molecule has 122 valence electrons. The van der Waals surface area contributed by atoms with E-state index < -0.39 is 10.0 Å². The fourth-order valence-electron chi connectivity index (χ4n) is 3.08. The van der Waals surface area contributed by atoms with Crippen LogP contribution in [0.5, 0.6) is 0 Å². The first-order valence-corrected chi connectivity index (χ1v) is 8.57. The van der Waals surface area contributed by atoms with E-state index in [1.165, 1.54) is 4.31 Å². The minimum Gasteiger partial charge on any atom is -0.347 e. The molecule has 1 aliphatic rings. The zero-order chi connectivity index (χ0) is 15.4. The SMILES string of the molecule is Cc1c(S(=O)(=O)N2CC(C)C(N)C2)c2ccccc2n1C.Cl. The lowest BCUT2D eigenvalue weighted by atomic mass is 10.1. The predicted octanol–water partition coefficient (Wildman–Crippen LogP) is 1.88. The standard InChI is InChI=1S/C15H21N3O2S.ClH/c1-10-8-18(9-13(10)16)21(19,20)15-11(2)17(3)14-7-5-4-6-12(14)15;/h4-7,10,13H,8-9,16H2,1-3H3;1H. The highest BCUT2D eigenvalue weighted by atomic mass is 35.5. The van der Waals surface area contributed by atoms with Crippen LogP contribution in [-0.4, -0.2) is 36.4 Å². The predicted molar refractivity (Wildman–Crippen MR) is 90.8 cm³/mol. The lowest BCUT2D eigenvalue weighted by Gasteiger charge is -2.16. The Bertz CT molecular complexity index is 790. The summed E-state index contributed by atoms with van der Waals surface area (Å²) in [6, 6.07) is 7.52. The lowest BCUT2D eigenvalue weighted by molar-refractivity contribution is 0.464. The Morgan fingerprint density at radius 1 is 1.23 bits per heavy atom. The van der Waals surface area contributed by atoms with Crippen molar-refractivity contribution >= 4 is 33.3 Å². The Morgan fingerprint density at radius 2 is 1.86 bits per heavy atom. The van der Waals surface area contributed by atoms with Gasteiger partial charge in [-0.05, 0) is 18.9 Å². The first-order valence-electron chi connectivity index (χ1n) is 7.13. The van der Waals surface area contributed by atoms with E-state index in [0.717, 1.165) is 16.6 Å². The van der Waals surface area contributed by atoms with E-state index in [0.29, 0.717) is 18.0 Å².